The van der Waals surface area contributed by atoms with Gasteiger partial charge < -0.3 is 0 Å². The molecule has 0 saturated heterocycles. The van der Waals surface area contributed by atoms with Crippen LogP contribution in [0.3, 0.4) is 0 Å². The van der Waals surface area contributed by atoms with E-state index >= 15 is 0 Å². The summed E-state index contributed by atoms with van der Waals surface area (Å²) in [6, 6.07) is 14.5. The molecule has 3 rings (SSSR count). The van der Waals surface area contributed by atoms with E-state index in [1.807, 2.05) is 47.1 Å². The molecule has 0 fully saturated rings. The van der Waals surface area contributed by atoms with Gasteiger partial charge in [0, 0.05) is 23.8 Å². The summed E-state index contributed by atoms with van der Waals surface area (Å²) >= 11 is 0. The van der Waals surface area contributed by atoms with Gasteiger partial charge in [0.05, 0.1) is 11.1 Å². The maximum atomic E-state index is 12.5. The molecule has 0 saturated carbocycles. The molecule has 2 aromatic heterocycles. The quantitative estimate of drug-likeness (QED) is 0.438. The van der Waals surface area contributed by atoms with Crippen LogP contribution in [0.15, 0.2) is 67.0 Å². The number of hydrogen-bond acceptors (Lipinski definition) is 0. The Balaban J connectivity index is 1.87. The van der Waals surface area contributed by atoms with Crippen LogP contribution in [0, 0.1) is 11.8 Å². The largest absolute Gasteiger partial charge is 0.416 e. The van der Waals surface area contributed by atoms with Gasteiger partial charge in [-0.05, 0) is 36.4 Å². The molecular formula is C18H11F3N+. The molecule has 0 radical (unpaired) electrons. The van der Waals surface area contributed by atoms with Gasteiger partial charge in [-0.15, -0.1) is 0 Å². The van der Waals surface area contributed by atoms with Gasteiger partial charge in [0.2, 0.25) is 5.52 Å². The van der Waals surface area contributed by atoms with Gasteiger partial charge in [0.25, 0.3) is 0 Å². The van der Waals surface area contributed by atoms with Gasteiger partial charge in [0.1, 0.15) is 0 Å². The second kappa shape index (κ2) is 5.53. The van der Waals surface area contributed by atoms with Crippen molar-refractivity contribution in [1.82, 2.24) is 0 Å². The fraction of sp³-hybridized carbons (Fsp3) is 0.0556. The fourth-order valence-corrected chi connectivity index (χ4v) is 2.06. The van der Waals surface area contributed by atoms with Crippen LogP contribution < -0.4 is 4.40 Å². The highest BCUT2D eigenvalue weighted by molar-refractivity contribution is 5.46. The number of benzene rings is 1. The predicted molar refractivity (Wildman–Crippen MR) is 77.0 cm³/mol. The van der Waals surface area contributed by atoms with Crippen LogP contribution in [-0.4, -0.2) is 0 Å². The molecule has 3 aromatic rings. The molecule has 108 valence electrons. The number of aromatic nitrogens is 1. The molecule has 1 nitrogen and oxygen atoms in total. The first-order valence-electron chi connectivity index (χ1n) is 6.62. The zero-order valence-corrected chi connectivity index (χ0v) is 11.4. The molecule has 0 aliphatic rings. The van der Waals surface area contributed by atoms with E-state index in [-0.39, 0.29) is 0 Å². The summed E-state index contributed by atoms with van der Waals surface area (Å²) in [5, 5.41) is 0. The number of nitrogens with zero attached hydrogens (tertiary/aromatic N) is 1. The van der Waals surface area contributed by atoms with Gasteiger partial charge in [-0.1, -0.05) is 11.8 Å². The Bertz CT molecular complexity index is 868. The average Bonchev–Trinajstić information content (AvgIpc) is 2.52. The molecule has 4 heteroatoms. The lowest BCUT2D eigenvalue weighted by Gasteiger charge is -2.05. The molecule has 0 atom stereocenters. The van der Waals surface area contributed by atoms with Crippen molar-refractivity contribution < 1.29 is 17.6 Å². The van der Waals surface area contributed by atoms with E-state index in [1.165, 1.54) is 12.1 Å². The SMILES string of the molecule is FC(F)(F)c1ccc(C#Cc2ccc3cccc[n+]3c2)cc1. The molecular weight excluding hydrogens is 287 g/mol. The van der Waals surface area contributed by atoms with E-state index in [2.05, 4.69) is 11.8 Å². The van der Waals surface area contributed by atoms with Crippen molar-refractivity contribution in [1.29, 1.82) is 0 Å². The molecule has 22 heavy (non-hydrogen) atoms. The number of alkyl halides is 3. The Morgan fingerprint density at radius 3 is 2.18 bits per heavy atom. The number of rotatable bonds is 0. The van der Waals surface area contributed by atoms with Crippen molar-refractivity contribution in [3.05, 3.63) is 83.7 Å². The third kappa shape index (κ3) is 3.09. The van der Waals surface area contributed by atoms with Crippen LogP contribution in [0.4, 0.5) is 13.2 Å². The van der Waals surface area contributed by atoms with E-state index < -0.39 is 11.7 Å². The summed E-state index contributed by atoms with van der Waals surface area (Å²) < 4.78 is 39.4. The summed E-state index contributed by atoms with van der Waals surface area (Å²) in [5.41, 5.74) is 1.72. The third-order valence-corrected chi connectivity index (χ3v) is 3.20. The van der Waals surface area contributed by atoms with E-state index in [0.29, 0.717) is 5.56 Å². The van der Waals surface area contributed by atoms with E-state index in [4.69, 9.17) is 0 Å². The summed E-state index contributed by atoms with van der Waals surface area (Å²) in [4.78, 5) is 0. The lowest BCUT2D eigenvalue weighted by Crippen LogP contribution is -2.20. The van der Waals surface area contributed by atoms with Crippen LogP contribution in [0.1, 0.15) is 16.7 Å². The van der Waals surface area contributed by atoms with E-state index in [0.717, 1.165) is 23.2 Å². The summed E-state index contributed by atoms with van der Waals surface area (Å²) in [5.74, 6) is 5.83. The van der Waals surface area contributed by atoms with E-state index in [9.17, 15) is 13.2 Å². The van der Waals surface area contributed by atoms with Crippen LogP contribution in [-0.2, 0) is 6.18 Å². The average molecular weight is 298 g/mol. The second-order valence-electron chi connectivity index (χ2n) is 4.78. The maximum Gasteiger partial charge on any atom is 0.416 e. The normalized spacial score (nSPS) is 11.0. The fourth-order valence-electron chi connectivity index (χ4n) is 2.06. The molecule has 0 bridgehead atoms. The second-order valence-corrected chi connectivity index (χ2v) is 4.78. The summed E-state index contributed by atoms with van der Waals surface area (Å²) in [6.07, 6.45) is -0.522. The number of halogens is 3. The maximum absolute atomic E-state index is 12.5. The van der Waals surface area contributed by atoms with Gasteiger partial charge in [-0.3, -0.25) is 0 Å². The summed E-state index contributed by atoms with van der Waals surface area (Å²) in [7, 11) is 0. The zero-order chi connectivity index (χ0) is 15.6. The topological polar surface area (TPSA) is 4.10 Å². The van der Waals surface area contributed by atoms with Crippen molar-refractivity contribution >= 4 is 5.52 Å². The van der Waals surface area contributed by atoms with Gasteiger partial charge >= 0.3 is 6.18 Å². The molecule has 0 N–H and O–H groups in total. The first-order valence-corrected chi connectivity index (χ1v) is 6.62. The smallest absolute Gasteiger partial charge is 0.166 e. The standard InChI is InChI=1S/C18H11F3N/c19-18(20,21)16-9-6-14(7-10-16)4-5-15-8-11-17-3-1-2-12-22(17)13-15/h1-3,6-13H/q+1. The zero-order valence-electron chi connectivity index (χ0n) is 11.4. The van der Waals surface area contributed by atoms with Crippen LogP contribution in [0.5, 0.6) is 0 Å². The lowest BCUT2D eigenvalue weighted by molar-refractivity contribution is -0.512. The molecule has 1 aromatic carbocycles. The van der Waals surface area contributed by atoms with Crippen LogP contribution in [0.2, 0.25) is 0 Å². The molecule has 0 unspecified atom stereocenters. The van der Waals surface area contributed by atoms with Crippen LogP contribution in [0.25, 0.3) is 5.52 Å². The minimum absolute atomic E-state index is 0.547. The van der Waals surface area contributed by atoms with Crippen molar-refractivity contribution in [2.75, 3.05) is 0 Å². The van der Waals surface area contributed by atoms with Crippen molar-refractivity contribution in [3.63, 3.8) is 0 Å². The highest BCUT2D eigenvalue weighted by atomic mass is 19.4. The van der Waals surface area contributed by atoms with Crippen molar-refractivity contribution in [2.24, 2.45) is 0 Å². The van der Waals surface area contributed by atoms with Gasteiger partial charge in [0.15, 0.2) is 12.4 Å². The van der Waals surface area contributed by atoms with Crippen LogP contribution >= 0.6 is 0 Å². The molecule has 0 aliphatic carbocycles. The molecule has 0 amide bonds. The first kappa shape index (κ1) is 14.2. The Morgan fingerprint density at radius 2 is 1.45 bits per heavy atom. The molecule has 2 heterocycles. The Labute approximate surface area is 125 Å². The Kier molecular flexibility index (Phi) is 3.56. The van der Waals surface area contributed by atoms with Crippen molar-refractivity contribution in [3.8, 4) is 11.8 Å². The summed E-state index contributed by atoms with van der Waals surface area (Å²) in [6.45, 7) is 0. The molecule has 0 spiro atoms. The van der Waals surface area contributed by atoms with E-state index in [1.54, 1.807) is 0 Å². The minimum Gasteiger partial charge on any atom is -0.166 e. The number of fused-ring (bicyclic) bond motifs is 1. The molecule has 0 aliphatic heterocycles. The monoisotopic (exact) mass is 298 g/mol. The van der Waals surface area contributed by atoms with Gasteiger partial charge in [-0.2, -0.15) is 17.6 Å². The minimum atomic E-state index is -4.32. The highest BCUT2D eigenvalue weighted by Crippen LogP contribution is 2.28. The first-order chi connectivity index (χ1) is 10.5. The number of pyridine rings is 2. The number of hydrogen-bond donors (Lipinski definition) is 0. The Morgan fingerprint density at radius 1 is 0.773 bits per heavy atom. The van der Waals surface area contributed by atoms with Gasteiger partial charge in [-0.25, -0.2) is 0 Å². The Hall–Kier alpha value is -2.80. The van der Waals surface area contributed by atoms with Crippen molar-refractivity contribution in [2.45, 2.75) is 6.18 Å². The third-order valence-electron chi connectivity index (χ3n) is 3.20. The highest BCUT2D eigenvalue weighted by Gasteiger charge is 2.29. The predicted octanol–water partition coefficient (Wildman–Crippen LogP) is 3.84. The lowest BCUT2D eigenvalue weighted by atomic mass is 10.1.